The van der Waals surface area contributed by atoms with E-state index in [1.165, 1.54) is 0 Å². The van der Waals surface area contributed by atoms with Crippen molar-refractivity contribution in [2.24, 2.45) is 0 Å². The van der Waals surface area contributed by atoms with Gasteiger partial charge in [0.15, 0.2) is 0 Å². The van der Waals surface area contributed by atoms with Crippen molar-refractivity contribution in [2.75, 3.05) is 11.9 Å². The van der Waals surface area contributed by atoms with Gasteiger partial charge < -0.3 is 10.1 Å². The first-order chi connectivity index (χ1) is 6.22. The van der Waals surface area contributed by atoms with E-state index in [-0.39, 0.29) is 0 Å². The molecule has 2 nitrogen and oxygen atoms in total. The highest BCUT2D eigenvalue weighted by molar-refractivity contribution is 5.49. The molecule has 0 atom stereocenters. The number of hydrogen-bond acceptors (Lipinski definition) is 2. The van der Waals surface area contributed by atoms with Gasteiger partial charge in [-0.1, -0.05) is 6.58 Å². The van der Waals surface area contributed by atoms with Gasteiger partial charge in [0.1, 0.15) is 5.75 Å². The van der Waals surface area contributed by atoms with Gasteiger partial charge in [0.05, 0.1) is 6.61 Å². The van der Waals surface area contributed by atoms with Crippen LogP contribution in [-0.4, -0.2) is 6.61 Å². The Labute approximate surface area is 79.2 Å². The highest BCUT2D eigenvalue weighted by atomic mass is 16.5. The van der Waals surface area contributed by atoms with Crippen LogP contribution in [0.5, 0.6) is 5.75 Å². The van der Waals surface area contributed by atoms with Crippen molar-refractivity contribution in [2.45, 2.75) is 13.8 Å². The normalized spacial score (nSPS) is 9.38. The summed E-state index contributed by atoms with van der Waals surface area (Å²) in [6, 6.07) is 7.82. The number of hydrogen-bond donors (Lipinski definition) is 1. The number of nitrogens with one attached hydrogen (secondary N) is 1. The standard InChI is InChI=1S/C11H15NO/c1-4-13-11-7-5-10(6-8-11)12-9(2)3/h5-8,12H,2,4H2,1,3H3. The summed E-state index contributed by atoms with van der Waals surface area (Å²) in [4.78, 5) is 0. The van der Waals surface area contributed by atoms with Crippen molar-refractivity contribution in [3.05, 3.63) is 36.5 Å². The first-order valence-electron chi connectivity index (χ1n) is 4.37. The zero-order chi connectivity index (χ0) is 9.68. The third kappa shape index (κ3) is 3.20. The molecule has 0 aliphatic rings. The van der Waals surface area contributed by atoms with Gasteiger partial charge in [-0.05, 0) is 38.1 Å². The average molecular weight is 177 g/mol. The summed E-state index contributed by atoms with van der Waals surface area (Å²) in [6.45, 7) is 8.37. The van der Waals surface area contributed by atoms with Crippen LogP contribution in [-0.2, 0) is 0 Å². The lowest BCUT2D eigenvalue weighted by Gasteiger charge is -2.06. The Hall–Kier alpha value is -1.44. The van der Waals surface area contributed by atoms with E-state index in [1.54, 1.807) is 0 Å². The Morgan fingerprint density at radius 3 is 2.46 bits per heavy atom. The van der Waals surface area contributed by atoms with Crippen molar-refractivity contribution in [3.8, 4) is 5.75 Å². The Balaban J connectivity index is 2.64. The Bertz CT molecular complexity index is 277. The number of ether oxygens (including phenoxy) is 1. The van der Waals surface area contributed by atoms with Gasteiger partial charge in [-0.3, -0.25) is 0 Å². The molecule has 0 fully saturated rings. The van der Waals surface area contributed by atoms with E-state index in [0.717, 1.165) is 17.1 Å². The lowest BCUT2D eigenvalue weighted by atomic mass is 10.3. The van der Waals surface area contributed by atoms with Crippen molar-refractivity contribution in [1.82, 2.24) is 0 Å². The maximum atomic E-state index is 5.32. The van der Waals surface area contributed by atoms with E-state index in [1.807, 2.05) is 38.1 Å². The molecule has 0 radical (unpaired) electrons. The SMILES string of the molecule is C=C(C)Nc1ccc(OCC)cc1. The summed E-state index contributed by atoms with van der Waals surface area (Å²) in [5.41, 5.74) is 1.97. The fourth-order valence-corrected chi connectivity index (χ4v) is 1.05. The maximum Gasteiger partial charge on any atom is 0.119 e. The summed E-state index contributed by atoms with van der Waals surface area (Å²) < 4.78 is 5.32. The summed E-state index contributed by atoms with van der Waals surface area (Å²) in [6.07, 6.45) is 0. The minimum absolute atomic E-state index is 0.702. The molecule has 70 valence electrons. The molecule has 0 saturated carbocycles. The lowest BCUT2D eigenvalue weighted by Crippen LogP contribution is -1.94. The molecule has 1 aromatic rings. The Morgan fingerprint density at radius 1 is 1.38 bits per heavy atom. The summed E-state index contributed by atoms with van der Waals surface area (Å²) in [5, 5.41) is 3.12. The van der Waals surface area contributed by atoms with Crippen LogP contribution >= 0.6 is 0 Å². The molecule has 0 spiro atoms. The molecule has 0 amide bonds. The van der Waals surface area contributed by atoms with Gasteiger partial charge in [0.25, 0.3) is 0 Å². The molecule has 0 bridgehead atoms. The first-order valence-corrected chi connectivity index (χ1v) is 4.37. The third-order valence-electron chi connectivity index (χ3n) is 1.52. The summed E-state index contributed by atoms with van der Waals surface area (Å²) >= 11 is 0. The molecule has 1 rings (SSSR count). The topological polar surface area (TPSA) is 21.3 Å². The van der Waals surface area contributed by atoms with Crippen molar-refractivity contribution >= 4 is 5.69 Å². The lowest BCUT2D eigenvalue weighted by molar-refractivity contribution is 0.340. The van der Waals surface area contributed by atoms with Gasteiger partial charge in [-0.15, -0.1) is 0 Å². The second-order valence-electron chi connectivity index (χ2n) is 2.86. The monoisotopic (exact) mass is 177 g/mol. The molecular formula is C11H15NO. The molecule has 0 aliphatic heterocycles. The van der Waals surface area contributed by atoms with Crippen LogP contribution in [0.15, 0.2) is 36.5 Å². The number of allylic oxidation sites excluding steroid dienone is 1. The molecular weight excluding hydrogens is 162 g/mol. The molecule has 2 heteroatoms. The molecule has 0 unspecified atom stereocenters. The zero-order valence-electron chi connectivity index (χ0n) is 8.13. The van der Waals surface area contributed by atoms with Crippen LogP contribution < -0.4 is 10.1 Å². The van der Waals surface area contributed by atoms with Crippen LogP contribution in [0.3, 0.4) is 0 Å². The van der Waals surface area contributed by atoms with Crippen LogP contribution in [0.1, 0.15) is 13.8 Å². The van der Waals surface area contributed by atoms with Gasteiger partial charge in [0, 0.05) is 11.4 Å². The van der Waals surface area contributed by atoms with Crippen molar-refractivity contribution < 1.29 is 4.74 Å². The largest absolute Gasteiger partial charge is 0.494 e. The predicted molar refractivity (Wildman–Crippen MR) is 56.0 cm³/mol. The van der Waals surface area contributed by atoms with Gasteiger partial charge in [-0.25, -0.2) is 0 Å². The summed E-state index contributed by atoms with van der Waals surface area (Å²) in [5.74, 6) is 0.898. The van der Waals surface area contributed by atoms with E-state index in [2.05, 4.69) is 11.9 Å². The first kappa shape index (κ1) is 9.65. The molecule has 0 heterocycles. The van der Waals surface area contributed by atoms with E-state index in [9.17, 15) is 0 Å². The molecule has 13 heavy (non-hydrogen) atoms. The van der Waals surface area contributed by atoms with E-state index in [4.69, 9.17) is 4.74 Å². The predicted octanol–water partition coefficient (Wildman–Crippen LogP) is 3.03. The molecule has 1 N–H and O–H groups in total. The molecule has 1 aromatic carbocycles. The number of rotatable bonds is 4. The summed E-state index contributed by atoms with van der Waals surface area (Å²) in [7, 11) is 0. The van der Waals surface area contributed by atoms with E-state index >= 15 is 0 Å². The van der Waals surface area contributed by atoms with E-state index in [0.29, 0.717) is 6.61 Å². The van der Waals surface area contributed by atoms with Gasteiger partial charge >= 0.3 is 0 Å². The average Bonchev–Trinajstić information content (AvgIpc) is 2.08. The highest BCUT2D eigenvalue weighted by Gasteiger charge is 1.93. The third-order valence-corrected chi connectivity index (χ3v) is 1.52. The fraction of sp³-hybridized carbons (Fsp3) is 0.273. The molecule has 0 saturated heterocycles. The van der Waals surface area contributed by atoms with Gasteiger partial charge in [0.2, 0.25) is 0 Å². The van der Waals surface area contributed by atoms with Gasteiger partial charge in [-0.2, -0.15) is 0 Å². The Kier molecular flexibility index (Phi) is 3.38. The Morgan fingerprint density at radius 2 is 2.00 bits per heavy atom. The van der Waals surface area contributed by atoms with Crippen molar-refractivity contribution in [3.63, 3.8) is 0 Å². The number of anilines is 1. The second kappa shape index (κ2) is 4.55. The fourth-order valence-electron chi connectivity index (χ4n) is 1.05. The van der Waals surface area contributed by atoms with E-state index < -0.39 is 0 Å². The number of benzene rings is 1. The minimum atomic E-state index is 0.702. The second-order valence-corrected chi connectivity index (χ2v) is 2.86. The maximum absolute atomic E-state index is 5.32. The van der Waals surface area contributed by atoms with Crippen LogP contribution in [0.2, 0.25) is 0 Å². The highest BCUT2D eigenvalue weighted by Crippen LogP contribution is 2.16. The molecule has 0 aliphatic carbocycles. The quantitative estimate of drug-likeness (QED) is 0.763. The zero-order valence-corrected chi connectivity index (χ0v) is 8.13. The van der Waals surface area contributed by atoms with Crippen molar-refractivity contribution in [1.29, 1.82) is 0 Å². The minimum Gasteiger partial charge on any atom is -0.494 e. The van der Waals surface area contributed by atoms with Crippen LogP contribution in [0.25, 0.3) is 0 Å². The molecule has 0 aromatic heterocycles. The smallest absolute Gasteiger partial charge is 0.119 e. The van der Waals surface area contributed by atoms with Crippen LogP contribution in [0, 0.1) is 0 Å². The van der Waals surface area contributed by atoms with Crippen LogP contribution in [0.4, 0.5) is 5.69 Å².